The average Bonchev–Trinajstić information content (AvgIpc) is 2.68. The summed E-state index contributed by atoms with van der Waals surface area (Å²) >= 11 is 0. The van der Waals surface area contributed by atoms with E-state index >= 15 is 0 Å². The Morgan fingerprint density at radius 2 is 1.35 bits per heavy atom. The van der Waals surface area contributed by atoms with Crippen LogP contribution in [-0.2, 0) is 6.61 Å². The second-order valence-electron chi connectivity index (χ2n) is 5.77. The number of esters is 1. The first kappa shape index (κ1) is 17.4. The van der Waals surface area contributed by atoms with Gasteiger partial charge in [-0.25, -0.2) is 4.79 Å². The van der Waals surface area contributed by atoms with Crippen LogP contribution < -0.4 is 9.47 Å². The highest BCUT2D eigenvalue weighted by Gasteiger charge is 2.09. The van der Waals surface area contributed by atoms with E-state index < -0.39 is 5.97 Å². The molecule has 3 aromatic carbocycles. The fourth-order valence-electron chi connectivity index (χ4n) is 2.34. The molecule has 0 bridgehead atoms. The summed E-state index contributed by atoms with van der Waals surface area (Å²) in [5.74, 6) is 0.716. The molecule has 4 heteroatoms. The Morgan fingerprint density at radius 3 is 1.96 bits per heavy atom. The van der Waals surface area contributed by atoms with Crippen LogP contribution in [0.4, 0.5) is 0 Å². The van der Waals surface area contributed by atoms with Crippen molar-refractivity contribution in [2.45, 2.75) is 13.5 Å². The second kappa shape index (κ2) is 8.12. The molecule has 0 aliphatic rings. The normalized spacial score (nSPS) is 10.2. The molecule has 0 N–H and O–H groups in total. The van der Waals surface area contributed by atoms with Crippen LogP contribution in [0.1, 0.15) is 33.2 Å². The van der Waals surface area contributed by atoms with E-state index in [2.05, 4.69) is 0 Å². The van der Waals surface area contributed by atoms with Crippen molar-refractivity contribution < 1.29 is 19.1 Å². The quantitative estimate of drug-likeness (QED) is 0.369. The van der Waals surface area contributed by atoms with Crippen LogP contribution in [0.25, 0.3) is 0 Å². The maximum absolute atomic E-state index is 12.2. The SMILES string of the molecule is CC(=O)c1ccc(OC(=O)c2ccc(COc3ccccc3)cc2)cc1. The summed E-state index contributed by atoms with van der Waals surface area (Å²) in [5.41, 5.74) is 1.98. The predicted molar refractivity (Wildman–Crippen MR) is 98.6 cm³/mol. The molecule has 0 aliphatic carbocycles. The Hall–Kier alpha value is -3.40. The molecule has 0 aromatic heterocycles. The Balaban J connectivity index is 1.58. The van der Waals surface area contributed by atoms with Gasteiger partial charge in [-0.15, -0.1) is 0 Å². The third-order valence-corrected chi connectivity index (χ3v) is 3.81. The molecular weight excluding hydrogens is 328 g/mol. The molecule has 3 rings (SSSR count). The number of hydrogen-bond acceptors (Lipinski definition) is 4. The fraction of sp³-hybridized carbons (Fsp3) is 0.0909. The van der Waals surface area contributed by atoms with E-state index in [1.165, 1.54) is 6.92 Å². The van der Waals surface area contributed by atoms with E-state index in [9.17, 15) is 9.59 Å². The zero-order valence-electron chi connectivity index (χ0n) is 14.3. The number of hydrogen-bond donors (Lipinski definition) is 0. The molecule has 0 saturated heterocycles. The first-order valence-electron chi connectivity index (χ1n) is 8.22. The van der Waals surface area contributed by atoms with Crippen molar-refractivity contribution in [1.29, 1.82) is 0 Å². The van der Waals surface area contributed by atoms with Gasteiger partial charge in [0.15, 0.2) is 5.78 Å². The molecule has 0 unspecified atom stereocenters. The van der Waals surface area contributed by atoms with Gasteiger partial charge in [0, 0.05) is 5.56 Å². The molecule has 0 aliphatic heterocycles. The molecule has 0 fully saturated rings. The number of carbonyl (C=O) groups is 2. The molecule has 0 atom stereocenters. The highest BCUT2D eigenvalue weighted by molar-refractivity contribution is 5.94. The second-order valence-corrected chi connectivity index (χ2v) is 5.77. The maximum atomic E-state index is 12.2. The Labute approximate surface area is 152 Å². The average molecular weight is 346 g/mol. The lowest BCUT2D eigenvalue weighted by Gasteiger charge is -2.08. The molecule has 4 nitrogen and oxygen atoms in total. The Kier molecular flexibility index (Phi) is 5.44. The van der Waals surface area contributed by atoms with Crippen molar-refractivity contribution >= 4 is 11.8 Å². The van der Waals surface area contributed by atoms with Gasteiger partial charge in [0.05, 0.1) is 5.56 Å². The molecule has 0 radical (unpaired) electrons. The number of rotatable bonds is 6. The van der Waals surface area contributed by atoms with Crippen LogP contribution in [0.5, 0.6) is 11.5 Å². The molecule has 130 valence electrons. The van der Waals surface area contributed by atoms with Crippen molar-refractivity contribution in [2.75, 3.05) is 0 Å². The number of carbonyl (C=O) groups excluding carboxylic acids is 2. The van der Waals surface area contributed by atoms with Crippen LogP contribution in [0.2, 0.25) is 0 Å². The summed E-state index contributed by atoms with van der Waals surface area (Å²) in [4.78, 5) is 23.5. The molecule has 26 heavy (non-hydrogen) atoms. The summed E-state index contributed by atoms with van der Waals surface area (Å²) in [5, 5.41) is 0. The van der Waals surface area contributed by atoms with Gasteiger partial charge in [0.1, 0.15) is 18.1 Å². The van der Waals surface area contributed by atoms with Crippen LogP contribution in [0.15, 0.2) is 78.9 Å². The van der Waals surface area contributed by atoms with Gasteiger partial charge in [-0.3, -0.25) is 4.79 Å². The predicted octanol–water partition coefficient (Wildman–Crippen LogP) is 4.69. The minimum atomic E-state index is -0.448. The van der Waals surface area contributed by atoms with Crippen LogP contribution in [0.3, 0.4) is 0 Å². The van der Waals surface area contributed by atoms with Gasteiger partial charge in [0.25, 0.3) is 0 Å². The third kappa shape index (κ3) is 4.57. The summed E-state index contributed by atoms with van der Waals surface area (Å²) in [6.07, 6.45) is 0. The number of ketones is 1. The van der Waals surface area contributed by atoms with Crippen LogP contribution in [-0.4, -0.2) is 11.8 Å². The van der Waals surface area contributed by atoms with E-state index in [1.807, 2.05) is 42.5 Å². The van der Waals surface area contributed by atoms with Crippen molar-refractivity contribution in [3.63, 3.8) is 0 Å². The van der Waals surface area contributed by atoms with Gasteiger partial charge in [-0.1, -0.05) is 30.3 Å². The number of Topliss-reactive ketones (excluding diaryl/α,β-unsaturated/α-hetero) is 1. The maximum Gasteiger partial charge on any atom is 0.343 e. The van der Waals surface area contributed by atoms with E-state index in [4.69, 9.17) is 9.47 Å². The molecular formula is C22H18O4. The minimum Gasteiger partial charge on any atom is -0.489 e. The number of para-hydroxylation sites is 1. The molecule has 0 heterocycles. The van der Waals surface area contributed by atoms with Gasteiger partial charge in [0.2, 0.25) is 0 Å². The highest BCUT2D eigenvalue weighted by atomic mass is 16.5. The van der Waals surface area contributed by atoms with E-state index in [1.54, 1.807) is 36.4 Å². The first-order chi connectivity index (χ1) is 12.6. The minimum absolute atomic E-state index is 0.0313. The van der Waals surface area contributed by atoms with Crippen LogP contribution in [0, 0.1) is 0 Å². The van der Waals surface area contributed by atoms with Crippen molar-refractivity contribution in [3.8, 4) is 11.5 Å². The van der Waals surface area contributed by atoms with Gasteiger partial charge in [-0.2, -0.15) is 0 Å². The Bertz CT molecular complexity index is 882. The first-order valence-corrected chi connectivity index (χ1v) is 8.22. The lowest BCUT2D eigenvalue weighted by Crippen LogP contribution is -2.08. The zero-order chi connectivity index (χ0) is 18.4. The smallest absolute Gasteiger partial charge is 0.343 e. The lowest BCUT2D eigenvalue weighted by molar-refractivity contribution is 0.0734. The third-order valence-electron chi connectivity index (χ3n) is 3.81. The van der Waals surface area contributed by atoms with Crippen molar-refractivity contribution in [3.05, 3.63) is 95.6 Å². The van der Waals surface area contributed by atoms with Gasteiger partial charge < -0.3 is 9.47 Å². The summed E-state index contributed by atoms with van der Waals surface area (Å²) in [7, 11) is 0. The van der Waals surface area contributed by atoms with Gasteiger partial charge in [-0.05, 0) is 61.0 Å². The largest absolute Gasteiger partial charge is 0.489 e. The Morgan fingerprint density at radius 1 is 0.731 bits per heavy atom. The molecule has 0 saturated carbocycles. The molecule has 3 aromatic rings. The lowest BCUT2D eigenvalue weighted by atomic mass is 10.1. The highest BCUT2D eigenvalue weighted by Crippen LogP contribution is 2.16. The van der Waals surface area contributed by atoms with E-state index in [0.717, 1.165) is 11.3 Å². The summed E-state index contributed by atoms with van der Waals surface area (Å²) in [6.45, 7) is 1.91. The van der Waals surface area contributed by atoms with E-state index in [0.29, 0.717) is 23.5 Å². The van der Waals surface area contributed by atoms with E-state index in [-0.39, 0.29) is 5.78 Å². The molecule has 0 amide bonds. The van der Waals surface area contributed by atoms with Crippen molar-refractivity contribution in [2.24, 2.45) is 0 Å². The molecule has 0 spiro atoms. The summed E-state index contributed by atoms with van der Waals surface area (Å²) < 4.78 is 11.0. The number of benzene rings is 3. The monoisotopic (exact) mass is 346 g/mol. The fourth-order valence-corrected chi connectivity index (χ4v) is 2.34. The number of ether oxygens (including phenoxy) is 2. The van der Waals surface area contributed by atoms with Crippen molar-refractivity contribution in [1.82, 2.24) is 0 Å². The summed E-state index contributed by atoms with van der Waals surface area (Å²) in [6, 6.07) is 23.1. The topological polar surface area (TPSA) is 52.6 Å². The standard InChI is InChI=1S/C22H18O4/c1-16(23)18-11-13-21(14-12-18)26-22(24)19-9-7-17(8-10-19)15-25-20-5-3-2-4-6-20/h2-14H,15H2,1H3. The van der Waals surface area contributed by atoms with Gasteiger partial charge >= 0.3 is 5.97 Å². The zero-order valence-corrected chi connectivity index (χ0v) is 14.3. The van der Waals surface area contributed by atoms with Crippen LogP contribution >= 0.6 is 0 Å².